The summed E-state index contributed by atoms with van der Waals surface area (Å²) in [6.45, 7) is 3.56. The molecule has 2 aliphatic heterocycles. The number of hydrogen-bond donors (Lipinski definition) is 0. The van der Waals surface area contributed by atoms with Crippen molar-refractivity contribution in [2.24, 2.45) is 0 Å². The summed E-state index contributed by atoms with van der Waals surface area (Å²) < 4.78 is 16.3. The van der Waals surface area contributed by atoms with E-state index in [0.717, 1.165) is 11.4 Å². The predicted molar refractivity (Wildman–Crippen MR) is 73.6 cm³/mol. The van der Waals surface area contributed by atoms with Crippen LogP contribution in [-0.2, 0) is 4.74 Å². The molecule has 1 fully saturated rings. The van der Waals surface area contributed by atoms with Crippen LogP contribution in [0.15, 0.2) is 18.2 Å². The van der Waals surface area contributed by atoms with Gasteiger partial charge in [-0.1, -0.05) is 0 Å². The number of amides is 2. The molecule has 1 aromatic rings. The number of nitrogens with zero attached hydrogens (tertiary/aromatic N) is 2. The van der Waals surface area contributed by atoms with Crippen molar-refractivity contribution in [3.05, 3.63) is 18.2 Å². The van der Waals surface area contributed by atoms with E-state index in [0.29, 0.717) is 45.3 Å². The summed E-state index contributed by atoms with van der Waals surface area (Å²) in [6, 6.07) is 5.52. The Hall–Kier alpha value is -1.95. The molecular weight excluding hydrogens is 260 g/mol. The fourth-order valence-corrected chi connectivity index (χ4v) is 2.32. The highest BCUT2D eigenvalue weighted by Gasteiger charge is 2.22. The molecule has 20 heavy (non-hydrogen) atoms. The summed E-state index contributed by atoms with van der Waals surface area (Å²) >= 11 is 0. The molecular formula is C14H18N2O4. The lowest BCUT2D eigenvalue weighted by molar-refractivity contribution is 0.0551. The van der Waals surface area contributed by atoms with Crippen LogP contribution in [-0.4, -0.2) is 57.5 Å². The quantitative estimate of drug-likeness (QED) is 0.778. The lowest BCUT2D eigenvalue weighted by Crippen LogP contribution is -2.47. The van der Waals surface area contributed by atoms with Crippen LogP contribution < -0.4 is 14.4 Å². The van der Waals surface area contributed by atoms with Gasteiger partial charge >= 0.3 is 6.03 Å². The summed E-state index contributed by atoms with van der Waals surface area (Å²) in [5.41, 5.74) is 0.797. The fraction of sp³-hybridized carbons (Fsp3) is 0.500. The zero-order chi connectivity index (χ0) is 13.9. The number of anilines is 1. The van der Waals surface area contributed by atoms with Gasteiger partial charge in [0, 0.05) is 31.9 Å². The molecule has 0 atom stereocenters. The van der Waals surface area contributed by atoms with E-state index in [1.54, 1.807) is 16.8 Å². The minimum absolute atomic E-state index is 0.0232. The molecule has 0 unspecified atom stereocenters. The first-order chi connectivity index (χ1) is 9.75. The Labute approximate surface area is 117 Å². The van der Waals surface area contributed by atoms with E-state index in [1.165, 1.54) is 0 Å². The van der Waals surface area contributed by atoms with Crippen LogP contribution in [0.25, 0.3) is 0 Å². The first-order valence-electron chi connectivity index (χ1n) is 6.76. The zero-order valence-electron chi connectivity index (χ0n) is 11.5. The van der Waals surface area contributed by atoms with E-state index >= 15 is 0 Å². The Morgan fingerprint density at radius 1 is 1.10 bits per heavy atom. The SMILES string of the molecule is CN(C(=O)N1CCOCC1)c1ccc2c(c1)OCCO2. The van der Waals surface area contributed by atoms with Gasteiger partial charge < -0.3 is 19.1 Å². The highest BCUT2D eigenvalue weighted by atomic mass is 16.6. The van der Waals surface area contributed by atoms with Gasteiger partial charge in [-0.05, 0) is 12.1 Å². The Balaban J connectivity index is 1.75. The van der Waals surface area contributed by atoms with Crippen molar-refractivity contribution in [2.45, 2.75) is 0 Å². The molecule has 2 aliphatic rings. The van der Waals surface area contributed by atoms with Crippen molar-refractivity contribution in [2.75, 3.05) is 51.5 Å². The van der Waals surface area contributed by atoms with Gasteiger partial charge in [-0.15, -0.1) is 0 Å². The third kappa shape index (κ3) is 2.51. The van der Waals surface area contributed by atoms with Gasteiger partial charge in [0.05, 0.1) is 13.2 Å². The molecule has 0 aromatic heterocycles. The molecule has 0 saturated carbocycles. The molecule has 108 valence electrons. The summed E-state index contributed by atoms with van der Waals surface area (Å²) in [7, 11) is 1.77. The number of benzene rings is 1. The van der Waals surface area contributed by atoms with E-state index in [2.05, 4.69) is 0 Å². The highest BCUT2D eigenvalue weighted by Crippen LogP contribution is 2.33. The zero-order valence-corrected chi connectivity index (χ0v) is 11.5. The van der Waals surface area contributed by atoms with Gasteiger partial charge in [-0.25, -0.2) is 4.79 Å². The van der Waals surface area contributed by atoms with E-state index in [9.17, 15) is 4.79 Å². The number of fused-ring (bicyclic) bond motifs is 1. The molecule has 0 N–H and O–H groups in total. The highest BCUT2D eigenvalue weighted by molar-refractivity contribution is 5.91. The smallest absolute Gasteiger partial charge is 0.324 e. The molecule has 3 rings (SSSR count). The third-order valence-corrected chi connectivity index (χ3v) is 3.48. The minimum Gasteiger partial charge on any atom is -0.486 e. The Kier molecular flexibility index (Phi) is 3.64. The van der Waals surface area contributed by atoms with Crippen molar-refractivity contribution in [1.82, 2.24) is 4.90 Å². The fourth-order valence-electron chi connectivity index (χ4n) is 2.32. The second kappa shape index (κ2) is 5.58. The number of ether oxygens (including phenoxy) is 3. The lowest BCUT2D eigenvalue weighted by Gasteiger charge is -2.31. The van der Waals surface area contributed by atoms with Gasteiger partial charge in [0.2, 0.25) is 0 Å². The number of carbonyl (C=O) groups excluding carboxylic acids is 1. The van der Waals surface area contributed by atoms with Gasteiger partial charge in [0.15, 0.2) is 11.5 Å². The van der Waals surface area contributed by atoms with Crippen LogP contribution in [0.5, 0.6) is 11.5 Å². The molecule has 6 nitrogen and oxygen atoms in total. The topological polar surface area (TPSA) is 51.2 Å². The van der Waals surface area contributed by atoms with Crippen LogP contribution in [0, 0.1) is 0 Å². The molecule has 0 bridgehead atoms. The summed E-state index contributed by atoms with van der Waals surface area (Å²) in [6.07, 6.45) is 0. The first kappa shape index (κ1) is 13.1. The number of carbonyl (C=O) groups is 1. The monoisotopic (exact) mass is 278 g/mol. The van der Waals surface area contributed by atoms with Crippen LogP contribution in [0.4, 0.5) is 10.5 Å². The first-order valence-corrected chi connectivity index (χ1v) is 6.76. The molecule has 0 aliphatic carbocycles. The third-order valence-electron chi connectivity index (χ3n) is 3.48. The lowest BCUT2D eigenvalue weighted by atomic mass is 10.2. The van der Waals surface area contributed by atoms with Crippen LogP contribution in [0.2, 0.25) is 0 Å². The predicted octanol–water partition coefficient (Wildman–Crippen LogP) is 1.35. The normalized spacial score (nSPS) is 17.8. The summed E-state index contributed by atoms with van der Waals surface area (Å²) in [5.74, 6) is 1.42. The molecule has 6 heteroatoms. The second-order valence-corrected chi connectivity index (χ2v) is 4.77. The standard InChI is InChI=1S/C14H18N2O4/c1-15(14(17)16-4-6-18-7-5-16)11-2-3-12-13(10-11)20-9-8-19-12/h2-3,10H,4-9H2,1H3. The van der Waals surface area contributed by atoms with E-state index < -0.39 is 0 Å². The minimum atomic E-state index is -0.0232. The van der Waals surface area contributed by atoms with Crippen molar-refractivity contribution >= 4 is 11.7 Å². The maximum Gasteiger partial charge on any atom is 0.324 e. The number of urea groups is 1. The van der Waals surface area contributed by atoms with Crippen molar-refractivity contribution < 1.29 is 19.0 Å². The Morgan fingerprint density at radius 2 is 1.80 bits per heavy atom. The average molecular weight is 278 g/mol. The largest absolute Gasteiger partial charge is 0.486 e. The average Bonchev–Trinajstić information content (AvgIpc) is 2.54. The van der Waals surface area contributed by atoms with Gasteiger partial charge in [0.1, 0.15) is 13.2 Å². The maximum atomic E-state index is 12.4. The number of hydrogen-bond acceptors (Lipinski definition) is 4. The maximum absolute atomic E-state index is 12.4. The Morgan fingerprint density at radius 3 is 2.55 bits per heavy atom. The van der Waals surface area contributed by atoms with Crippen molar-refractivity contribution in [3.63, 3.8) is 0 Å². The summed E-state index contributed by atoms with van der Waals surface area (Å²) in [4.78, 5) is 15.8. The van der Waals surface area contributed by atoms with Crippen LogP contribution in [0.3, 0.4) is 0 Å². The van der Waals surface area contributed by atoms with Crippen molar-refractivity contribution in [3.8, 4) is 11.5 Å². The van der Waals surface area contributed by atoms with Crippen LogP contribution >= 0.6 is 0 Å². The molecule has 1 saturated heterocycles. The molecule has 0 radical (unpaired) electrons. The van der Waals surface area contributed by atoms with Gasteiger partial charge in [-0.2, -0.15) is 0 Å². The molecule has 0 spiro atoms. The van der Waals surface area contributed by atoms with E-state index in [1.807, 2.05) is 18.2 Å². The van der Waals surface area contributed by atoms with Gasteiger partial charge in [0.25, 0.3) is 0 Å². The van der Waals surface area contributed by atoms with Gasteiger partial charge in [-0.3, -0.25) is 4.90 Å². The van der Waals surface area contributed by atoms with Crippen LogP contribution in [0.1, 0.15) is 0 Å². The Bertz CT molecular complexity index is 500. The number of morpholine rings is 1. The summed E-state index contributed by atoms with van der Waals surface area (Å²) in [5, 5.41) is 0. The second-order valence-electron chi connectivity index (χ2n) is 4.77. The molecule has 2 heterocycles. The van der Waals surface area contributed by atoms with E-state index in [4.69, 9.17) is 14.2 Å². The number of rotatable bonds is 1. The molecule has 2 amide bonds. The van der Waals surface area contributed by atoms with E-state index in [-0.39, 0.29) is 6.03 Å². The molecule has 1 aromatic carbocycles. The van der Waals surface area contributed by atoms with Crippen molar-refractivity contribution in [1.29, 1.82) is 0 Å².